The summed E-state index contributed by atoms with van der Waals surface area (Å²) in [6, 6.07) is -0.730. The number of carboxylic acid groups (broad SMARTS) is 1. The molecule has 3 N–H and O–H groups in total. The number of aliphatic hydroxyl groups is 1. The van der Waals surface area contributed by atoms with Crippen LogP contribution in [0.1, 0.15) is 6.42 Å². The summed E-state index contributed by atoms with van der Waals surface area (Å²) in [7, 11) is 0. The molecule has 0 aromatic heterocycles. The van der Waals surface area contributed by atoms with Crippen LogP contribution in [0.4, 0.5) is 4.79 Å². The highest BCUT2D eigenvalue weighted by Gasteiger charge is 2.40. The predicted octanol–water partition coefficient (Wildman–Crippen LogP) is -0.997. The van der Waals surface area contributed by atoms with Crippen molar-refractivity contribution in [1.29, 1.82) is 0 Å². The molecule has 2 aliphatic heterocycles. The number of aliphatic carboxylic acids is 1. The molecular formula is C10H10ClN2O6+. The summed E-state index contributed by atoms with van der Waals surface area (Å²) in [6.45, 7) is 0. The van der Waals surface area contributed by atoms with Gasteiger partial charge in [-0.25, -0.2) is 9.59 Å². The van der Waals surface area contributed by atoms with Crippen LogP contribution in [-0.2, 0) is 14.3 Å². The first-order valence-corrected chi connectivity index (χ1v) is 5.68. The van der Waals surface area contributed by atoms with Crippen LogP contribution in [-0.4, -0.2) is 57.2 Å². The van der Waals surface area contributed by atoms with Gasteiger partial charge in [0.05, 0.1) is 6.10 Å². The number of ether oxygens (including phenoxy) is 1. The van der Waals surface area contributed by atoms with E-state index in [9.17, 15) is 19.5 Å². The SMILES string of the molecule is O=C1NC(=O)/[N+](=C\C2C[C@H](O)[C@@H](C(=O)O)O2)C=C1Cl. The summed E-state index contributed by atoms with van der Waals surface area (Å²) in [6.07, 6.45) is -0.901. The van der Waals surface area contributed by atoms with E-state index in [0.717, 1.165) is 10.8 Å². The van der Waals surface area contributed by atoms with Crippen LogP contribution in [0.25, 0.3) is 0 Å². The first-order valence-electron chi connectivity index (χ1n) is 5.31. The lowest BCUT2D eigenvalue weighted by Crippen LogP contribution is -2.41. The lowest BCUT2D eigenvalue weighted by molar-refractivity contribution is -0.351. The summed E-state index contributed by atoms with van der Waals surface area (Å²) in [5.41, 5.74) is 0. The summed E-state index contributed by atoms with van der Waals surface area (Å²) < 4.78 is 6.04. The molecule has 0 saturated carbocycles. The number of rotatable bonds is 2. The zero-order valence-corrected chi connectivity index (χ0v) is 10.2. The molecule has 2 aliphatic rings. The van der Waals surface area contributed by atoms with Crippen molar-refractivity contribution in [2.24, 2.45) is 0 Å². The van der Waals surface area contributed by atoms with Gasteiger partial charge in [0.25, 0.3) is 0 Å². The maximum Gasteiger partial charge on any atom is 0.503 e. The average Bonchev–Trinajstić information content (AvgIpc) is 2.67. The minimum Gasteiger partial charge on any atom is -0.479 e. The Bertz CT molecular complexity index is 514. The molecule has 0 aliphatic carbocycles. The van der Waals surface area contributed by atoms with E-state index >= 15 is 0 Å². The molecule has 3 amide bonds. The second-order valence-electron chi connectivity index (χ2n) is 4.03. The lowest BCUT2D eigenvalue weighted by Gasteiger charge is -2.08. The monoisotopic (exact) mass is 289 g/mol. The van der Waals surface area contributed by atoms with Crippen molar-refractivity contribution in [1.82, 2.24) is 5.32 Å². The normalized spacial score (nSPS) is 33.3. The maximum absolute atomic E-state index is 11.5. The Labute approximate surface area is 111 Å². The maximum atomic E-state index is 11.5. The van der Waals surface area contributed by atoms with Gasteiger partial charge in [0, 0.05) is 6.42 Å². The van der Waals surface area contributed by atoms with E-state index in [2.05, 4.69) is 0 Å². The molecule has 0 bridgehead atoms. The Balaban J connectivity index is 2.17. The third-order valence-electron chi connectivity index (χ3n) is 2.64. The van der Waals surface area contributed by atoms with Gasteiger partial charge in [0.1, 0.15) is 18.5 Å². The molecule has 0 radical (unpaired) electrons. The molecule has 2 heterocycles. The molecule has 0 aromatic rings. The van der Waals surface area contributed by atoms with Gasteiger partial charge >= 0.3 is 17.9 Å². The summed E-state index contributed by atoms with van der Waals surface area (Å²) >= 11 is 5.57. The summed E-state index contributed by atoms with van der Waals surface area (Å²) in [5, 5.41) is 20.0. The molecule has 2 rings (SSSR count). The molecule has 1 fully saturated rings. The molecule has 0 aromatic carbocycles. The Morgan fingerprint density at radius 3 is 2.84 bits per heavy atom. The van der Waals surface area contributed by atoms with Gasteiger partial charge in [-0.05, 0) is 0 Å². The van der Waals surface area contributed by atoms with Crippen LogP contribution < -0.4 is 5.32 Å². The number of nitrogens with one attached hydrogen (secondary N) is 1. The number of carbonyl (C=O) groups is 3. The standard InChI is InChI=1S/C10H9ClN2O6/c11-5-3-13(10(18)12-8(5)15)2-4-1-6(14)7(19-4)9(16)17/h2-4,6-7,14H,1H2,(H-,12,15,16,17,18)/p+1/b13-2-/t4?,6-,7-/m0/s1. The highest BCUT2D eigenvalue weighted by Crippen LogP contribution is 2.20. The number of amides is 3. The first kappa shape index (κ1) is 13.7. The fraction of sp³-hybridized carbons (Fsp3) is 0.400. The van der Waals surface area contributed by atoms with E-state index < -0.39 is 36.2 Å². The van der Waals surface area contributed by atoms with Crippen LogP contribution in [0.5, 0.6) is 0 Å². The van der Waals surface area contributed by atoms with Gasteiger partial charge in [-0.2, -0.15) is 14.7 Å². The molecule has 1 saturated heterocycles. The van der Waals surface area contributed by atoms with Gasteiger partial charge in [-0.15, -0.1) is 0 Å². The Hall–Kier alpha value is -1.77. The molecule has 102 valence electrons. The van der Waals surface area contributed by atoms with Crippen molar-refractivity contribution in [2.45, 2.75) is 24.7 Å². The Morgan fingerprint density at radius 2 is 2.26 bits per heavy atom. The zero-order valence-electron chi connectivity index (χ0n) is 9.45. The van der Waals surface area contributed by atoms with E-state index in [0.29, 0.717) is 0 Å². The number of hydrogen-bond acceptors (Lipinski definition) is 5. The number of imide groups is 1. The fourth-order valence-electron chi connectivity index (χ4n) is 1.77. The number of aliphatic hydroxyl groups excluding tert-OH is 1. The van der Waals surface area contributed by atoms with Gasteiger partial charge in [0.15, 0.2) is 11.1 Å². The van der Waals surface area contributed by atoms with Crippen molar-refractivity contribution >= 4 is 35.7 Å². The number of urea groups is 1. The van der Waals surface area contributed by atoms with Gasteiger partial charge < -0.3 is 14.9 Å². The largest absolute Gasteiger partial charge is 0.503 e. The number of carbonyl (C=O) groups excluding carboxylic acids is 2. The van der Waals surface area contributed by atoms with E-state index in [1.165, 1.54) is 6.21 Å². The molecule has 8 nitrogen and oxygen atoms in total. The van der Waals surface area contributed by atoms with Crippen LogP contribution in [0.2, 0.25) is 0 Å². The van der Waals surface area contributed by atoms with Gasteiger partial charge in [0.2, 0.25) is 0 Å². The van der Waals surface area contributed by atoms with E-state index in [4.69, 9.17) is 21.4 Å². The van der Waals surface area contributed by atoms with Crippen molar-refractivity contribution in [3.05, 3.63) is 11.2 Å². The van der Waals surface area contributed by atoms with Gasteiger partial charge in [-0.3, -0.25) is 0 Å². The third-order valence-corrected chi connectivity index (χ3v) is 2.91. The Morgan fingerprint density at radius 1 is 1.58 bits per heavy atom. The predicted molar refractivity (Wildman–Crippen MR) is 60.7 cm³/mol. The highest BCUT2D eigenvalue weighted by molar-refractivity contribution is 6.43. The minimum absolute atomic E-state index is 0.0279. The fourth-order valence-corrected chi connectivity index (χ4v) is 1.92. The number of halogens is 1. The smallest absolute Gasteiger partial charge is 0.479 e. The molecule has 0 spiro atoms. The van der Waals surface area contributed by atoms with Crippen LogP contribution >= 0.6 is 11.6 Å². The van der Waals surface area contributed by atoms with Crippen LogP contribution in [0.3, 0.4) is 0 Å². The van der Waals surface area contributed by atoms with Crippen LogP contribution in [0, 0.1) is 0 Å². The summed E-state index contributed by atoms with van der Waals surface area (Å²) in [4.78, 5) is 33.3. The highest BCUT2D eigenvalue weighted by atomic mass is 35.5. The van der Waals surface area contributed by atoms with Crippen LogP contribution in [0.15, 0.2) is 11.2 Å². The quantitative estimate of drug-likeness (QED) is 0.562. The van der Waals surface area contributed by atoms with Gasteiger partial charge in [-0.1, -0.05) is 11.6 Å². The topological polar surface area (TPSA) is 116 Å². The molecule has 9 heteroatoms. The van der Waals surface area contributed by atoms with Crippen molar-refractivity contribution < 1.29 is 33.9 Å². The van der Waals surface area contributed by atoms with E-state index in [-0.39, 0.29) is 11.5 Å². The third kappa shape index (κ3) is 2.80. The minimum atomic E-state index is -1.34. The molecule has 3 atom stereocenters. The Kier molecular flexibility index (Phi) is 3.65. The number of hydrogen-bond donors (Lipinski definition) is 3. The number of carboxylic acids is 1. The molecular weight excluding hydrogens is 280 g/mol. The van der Waals surface area contributed by atoms with Crippen molar-refractivity contribution in [2.75, 3.05) is 0 Å². The second kappa shape index (κ2) is 5.08. The zero-order chi connectivity index (χ0) is 14.2. The van der Waals surface area contributed by atoms with Crippen molar-refractivity contribution in [3.63, 3.8) is 0 Å². The van der Waals surface area contributed by atoms with Crippen molar-refractivity contribution in [3.8, 4) is 0 Å². The molecule has 1 unspecified atom stereocenters. The summed E-state index contributed by atoms with van der Waals surface area (Å²) in [5.74, 6) is -2.00. The van der Waals surface area contributed by atoms with E-state index in [1.807, 2.05) is 5.32 Å². The average molecular weight is 290 g/mol. The molecule has 19 heavy (non-hydrogen) atoms. The lowest BCUT2D eigenvalue weighted by atomic mass is 10.1. The van der Waals surface area contributed by atoms with E-state index in [1.54, 1.807) is 0 Å². The second-order valence-corrected chi connectivity index (χ2v) is 4.44. The first-order chi connectivity index (χ1) is 8.88. The number of nitrogens with zero attached hydrogens (tertiary/aromatic N) is 1.